The monoisotopic (exact) mass is 480 g/mol. The van der Waals surface area contributed by atoms with Gasteiger partial charge in [-0.25, -0.2) is 4.68 Å². The van der Waals surface area contributed by atoms with Gasteiger partial charge < -0.3 is 15.5 Å². The number of likely N-dealkylation sites (N-methyl/N-ethyl adjacent to an activating group) is 1. The number of carbonyl (C=O) groups excluding carboxylic acids is 2. The molecule has 1 aromatic heterocycles. The Morgan fingerprint density at radius 1 is 1.21 bits per heavy atom. The van der Waals surface area contributed by atoms with Crippen LogP contribution in [-0.2, 0) is 22.3 Å². The zero-order valence-corrected chi connectivity index (χ0v) is 19.3. The predicted octanol–water partition coefficient (Wildman–Crippen LogP) is 1.87. The van der Waals surface area contributed by atoms with Crippen molar-refractivity contribution in [1.29, 1.82) is 5.41 Å². The van der Waals surface area contributed by atoms with Crippen molar-refractivity contribution < 1.29 is 22.8 Å². The zero-order valence-electron chi connectivity index (χ0n) is 19.3. The van der Waals surface area contributed by atoms with Crippen molar-refractivity contribution in [3.05, 3.63) is 52.0 Å². The van der Waals surface area contributed by atoms with Gasteiger partial charge in [0.25, 0.3) is 5.56 Å². The van der Waals surface area contributed by atoms with Gasteiger partial charge in [0.1, 0.15) is 12.4 Å². The van der Waals surface area contributed by atoms with Crippen LogP contribution < -0.4 is 16.2 Å². The van der Waals surface area contributed by atoms with E-state index in [9.17, 15) is 27.6 Å². The summed E-state index contributed by atoms with van der Waals surface area (Å²) in [5.41, 5.74) is -1.40. The molecule has 9 nitrogen and oxygen atoms in total. The number of carbonyl (C=O) groups is 2. The van der Waals surface area contributed by atoms with Crippen LogP contribution in [0.15, 0.2) is 35.1 Å². The minimum atomic E-state index is -4.58. The topological polar surface area (TPSA) is 120 Å². The number of aromatic nitrogens is 2. The third-order valence-corrected chi connectivity index (χ3v) is 4.69. The smallest absolute Gasteiger partial charge is 0.351 e. The van der Waals surface area contributed by atoms with Gasteiger partial charge >= 0.3 is 6.18 Å². The van der Waals surface area contributed by atoms with Crippen LogP contribution in [0.5, 0.6) is 0 Å². The summed E-state index contributed by atoms with van der Waals surface area (Å²) in [6.45, 7) is 3.91. The van der Waals surface area contributed by atoms with E-state index in [0.29, 0.717) is 13.1 Å². The fourth-order valence-corrected chi connectivity index (χ4v) is 3.01. The van der Waals surface area contributed by atoms with Crippen LogP contribution in [-0.4, -0.2) is 59.5 Å². The quantitative estimate of drug-likeness (QED) is 0.303. The summed E-state index contributed by atoms with van der Waals surface area (Å²) in [5.74, 6) is -1.89. The zero-order chi connectivity index (χ0) is 25.6. The Kier molecular flexibility index (Phi) is 8.68. The van der Waals surface area contributed by atoms with Gasteiger partial charge in [-0.1, -0.05) is 13.8 Å². The molecule has 0 spiro atoms. The number of nitrogens with one attached hydrogen (secondary N) is 3. The molecule has 2 amide bonds. The van der Waals surface area contributed by atoms with E-state index in [4.69, 9.17) is 5.41 Å². The summed E-state index contributed by atoms with van der Waals surface area (Å²) in [5, 5.41) is 16.8. The lowest BCUT2D eigenvalue weighted by atomic mass is 10.0. The highest BCUT2D eigenvalue weighted by Crippen LogP contribution is 2.32. The molecule has 0 saturated heterocycles. The van der Waals surface area contributed by atoms with Crippen molar-refractivity contribution in [2.24, 2.45) is 0 Å². The molecule has 0 bridgehead atoms. The minimum absolute atomic E-state index is 0.00358. The first-order valence-corrected chi connectivity index (χ1v) is 10.4. The summed E-state index contributed by atoms with van der Waals surface area (Å²) in [6.07, 6.45) is -2.39. The molecule has 184 valence electrons. The van der Waals surface area contributed by atoms with Crippen molar-refractivity contribution in [1.82, 2.24) is 25.3 Å². The number of hydrogen-bond donors (Lipinski definition) is 3. The normalized spacial score (nSPS) is 12.0. The van der Waals surface area contributed by atoms with Crippen molar-refractivity contribution in [3.63, 3.8) is 0 Å². The van der Waals surface area contributed by atoms with E-state index in [0.717, 1.165) is 35.0 Å². The molecule has 0 radical (unpaired) electrons. The Bertz CT molecular complexity index is 1170. The van der Waals surface area contributed by atoms with Crippen LogP contribution in [0.1, 0.15) is 31.0 Å². The number of amides is 2. The molecule has 2 rings (SSSR count). The third-order valence-electron chi connectivity index (χ3n) is 4.69. The summed E-state index contributed by atoms with van der Waals surface area (Å²) in [6, 6.07) is 2.76. The Balaban J connectivity index is 2.17. The second kappa shape index (κ2) is 11.1. The average molecular weight is 480 g/mol. The Morgan fingerprint density at radius 3 is 2.47 bits per heavy atom. The first kappa shape index (κ1) is 26.7. The largest absolute Gasteiger partial charge is 0.416 e. The van der Waals surface area contributed by atoms with Crippen LogP contribution in [0.4, 0.5) is 13.2 Å². The number of amidine groups is 1. The maximum absolute atomic E-state index is 13.1. The fourth-order valence-electron chi connectivity index (χ4n) is 3.01. The Hall–Kier alpha value is -3.54. The molecule has 0 aliphatic carbocycles. The molecule has 0 saturated carbocycles. The first-order valence-electron chi connectivity index (χ1n) is 10.4. The van der Waals surface area contributed by atoms with Crippen LogP contribution in [0.25, 0.3) is 10.8 Å². The van der Waals surface area contributed by atoms with Gasteiger partial charge in [-0.3, -0.25) is 19.8 Å². The summed E-state index contributed by atoms with van der Waals surface area (Å²) in [7, 11) is 3.71. The van der Waals surface area contributed by atoms with E-state index in [1.54, 1.807) is 13.8 Å². The summed E-state index contributed by atoms with van der Waals surface area (Å²) in [4.78, 5) is 38.7. The maximum Gasteiger partial charge on any atom is 0.416 e. The number of benzene rings is 1. The van der Waals surface area contributed by atoms with E-state index in [2.05, 4.69) is 15.7 Å². The second-order valence-electron chi connectivity index (χ2n) is 8.15. The molecule has 12 heteroatoms. The molecule has 0 aliphatic rings. The highest BCUT2D eigenvalue weighted by atomic mass is 19.4. The highest BCUT2D eigenvalue weighted by molar-refractivity contribution is 6.05. The van der Waals surface area contributed by atoms with E-state index in [1.807, 2.05) is 19.0 Å². The van der Waals surface area contributed by atoms with Crippen LogP contribution >= 0.6 is 0 Å². The van der Waals surface area contributed by atoms with Crippen molar-refractivity contribution in [2.75, 3.05) is 27.2 Å². The maximum atomic E-state index is 13.1. The van der Waals surface area contributed by atoms with Crippen molar-refractivity contribution >= 4 is 28.4 Å². The van der Waals surface area contributed by atoms with Gasteiger partial charge in [-0.05, 0) is 44.3 Å². The number of rotatable bonds is 8. The number of hydrogen-bond acceptors (Lipinski definition) is 6. The average Bonchev–Trinajstić information content (AvgIpc) is 2.72. The van der Waals surface area contributed by atoms with Gasteiger partial charge in [0.15, 0.2) is 0 Å². The lowest BCUT2D eigenvalue weighted by molar-refractivity contribution is -0.137. The molecule has 0 fully saturated rings. The molecule has 0 atom stereocenters. The Morgan fingerprint density at radius 2 is 1.88 bits per heavy atom. The molecule has 0 unspecified atom stereocenters. The standard InChI is InChI=1S/C22H27F3N6O3/c1-13(2)20-16-11-14(22(23,24)25)5-6-15(16)21(34)31(29-20)12-19(33)28-17(26)7-8-18(32)27-9-10-30(3)4/h5-8,11,13H,9-10,12H2,1-4H3,(H,27,32)(H2,26,28,33)/b8-7-. The highest BCUT2D eigenvalue weighted by Gasteiger charge is 2.31. The van der Waals surface area contributed by atoms with Crippen LogP contribution in [0, 0.1) is 5.41 Å². The van der Waals surface area contributed by atoms with Crippen molar-refractivity contribution in [2.45, 2.75) is 32.5 Å². The predicted molar refractivity (Wildman–Crippen MR) is 122 cm³/mol. The molecule has 1 heterocycles. The summed E-state index contributed by atoms with van der Waals surface area (Å²) < 4.78 is 40.2. The molecule has 2 aromatic rings. The molecule has 1 aromatic carbocycles. The van der Waals surface area contributed by atoms with Crippen LogP contribution in [0.3, 0.4) is 0 Å². The number of fused-ring (bicyclic) bond motifs is 1. The van der Waals surface area contributed by atoms with Crippen molar-refractivity contribution in [3.8, 4) is 0 Å². The van der Waals surface area contributed by atoms with E-state index < -0.39 is 35.7 Å². The molecule has 3 N–H and O–H groups in total. The molecular weight excluding hydrogens is 453 g/mol. The van der Waals surface area contributed by atoms with Gasteiger partial charge in [0, 0.05) is 24.6 Å². The number of halogens is 3. The van der Waals surface area contributed by atoms with Gasteiger partial charge in [0.2, 0.25) is 11.8 Å². The third kappa shape index (κ3) is 7.24. The molecule has 34 heavy (non-hydrogen) atoms. The Labute approximate surface area is 194 Å². The second-order valence-corrected chi connectivity index (χ2v) is 8.15. The fraction of sp³-hybridized carbons (Fsp3) is 0.409. The minimum Gasteiger partial charge on any atom is -0.351 e. The van der Waals surface area contributed by atoms with E-state index >= 15 is 0 Å². The number of alkyl halides is 3. The molecule has 0 aliphatic heterocycles. The van der Waals surface area contributed by atoms with E-state index in [-0.39, 0.29) is 28.2 Å². The van der Waals surface area contributed by atoms with Gasteiger partial charge in [-0.2, -0.15) is 18.3 Å². The molecular formula is C22H27F3N6O3. The van der Waals surface area contributed by atoms with E-state index in [1.165, 1.54) is 0 Å². The van der Waals surface area contributed by atoms with Crippen LogP contribution in [0.2, 0.25) is 0 Å². The first-order chi connectivity index (χ1) is 15.8. The van der Waals surface area contributed by atoms with Gasteiger partial charge in [-0.15, -0.1) is 0 Å². The lowest BCUT2D eigenvalue weighted by Crippen LogP contribution is -2.37. The van der Waals surface area contributed by atoms with Gasteiger partial charge in [0.05, 0.1) is 16.6 Å². The SMILES string of the molecule is CC(C)c1nn(CC(=O)NC(=N)/C=C\C(=O)NCCN(C)C)c(=O)c2ccc(C(F)(F)F)cc12. The summed E-state index contributed by atoms with van der Waals surface area (Å²) >= 11 is 0. The number of nitrogens with zero attached hydrogens (tertiary/aromatic N) is 3. The lowest BCUT2D eigenvalue weighted by Gasteiger charge is -2.15.